The van der Waals surface area contributed by atoms with Gasteiger partial charge in [-0.2, -0.15) is 0 Å². The van der Waals surface area contributed by atoms with Crippen molar-refractivity contribution in [2.45, 2.75) is 32.6 Å². The highest BCUT2D eigenvalue weighted by Crippen LogP contribution is 2.39. The fraction of sp³-hybridized carbons (Fsp3) is 0.857. The maximum atomic E-state index is 12.3. The molecule has 0 aromatic carbocycles. The van der Waals surface area contributed by atoms with E-state index in [9.17, 15) is 9.59 Å². The van der Waals surface area contributed by atoms with Gasteiger partial charge in [0.15, 0.2) is 0 Å². The lowest BCUT2D eigenvalue weighted by atomic mass is 9.78. The van der Waals surface area contributed by atoms with Crippen LogP contribution in [0.3, 0.4) is 0 Å². The highest BCUT2D eigenvalue weighted by molar-refractivity contribution is 5.85. The second-order valence-electron chi connectivity index (χ2n) is 5.62. The SMILES string of the molecule is CCOCCC(=O)N1CC[C@]2(CCCN(C)C2=O)C1. The molecule has 0 radical (unpaired) electrons. The summed E-state index contributed by atoms with van der Waals surface area (Å²) in [5.74, 6) is 0.338. The topological polar surface area (TPSA) is 49.9 Å². The van der Waals surface area contributed by atoms with Crippen LogP contribution in [0.2, 0.25) is 0 Å². The molecular formula is C14H24N2O3. The summed E-state index contributed by atoms with van der Waals surface area (Å²) in [5, 5.41) is 0. The van der Waals surface area contributed by atoms with Crippen molar-refractivity contribution >= 4 is 11.8 Å². The molecular weight excluding hydrogens is 244 g/mol. The molecule has 0 unspecified atom stereocenters. The van der Waals surface area contributed by atoms with Crippen LogP contribution in [0.4, 0.5) is 0 Å². The normalized spacial score (nSPS) is 27.4. The van der Waals surface area contributed by atoms with Crippen molar-refractivity contribution in [1.29, 1.82) is 0 Å². The van der Waals surface area contributed by atoms with Gasteiger partial charge in [-0.3, -0.25) is 9.59 Å². The van der Waals surface area contributed by atoms with Crippen LogP contribution in [0.15, 0.2) is 0 Å². The molecule has 108 valence electrons. The van der Waals surface area contributed by atoms with Gasteiger partial charge in [-0.1, -0.05) is 0 Å². The van der Waals surface area contributed by atoms with Crippen molar-refractivity contribution in [1.82, 2.24) is 9.80 Å². The van der Waals surface area contributed by atoms with E-state index >= 15 is 0 Å². The van der Waals surface area contributed by atoms with Crippen molar-refractivity contribution < 1.29 is 14.3 Å². The highest BCUT2D eigenvalue weighted by Gasteiger charge is 2.48. The molecule has 2 aliphatic heterocycles. The van der Waals surface area contributed by atoms with E-state index in [1.807, 2.05) is 23.8 Å². The molecule has 1 atom stereocenters. The predicted octanol–water partition coefficient (Wildman–Crippen LogP) is 0.884. The molecule has 1 spiro atoms. The van der Waals surface area contributed by atoms with E-state index in [-0.39, 0.29) is 17.2 Å². The second-order valence-corrected chi connectivity index (χ2v) is 5.62. The summed E-state index contributed by atoms with van der Waals surface area (Å²) in [6.45, 7) is 5.20. The molecule has 2 aliphatic rings. The quantitative estimate of drug-likeness (QED) is 0.711. The number of likely N-dealkylation sites (tertiary alicyclic amines) is 2. The fourth-order valence-electron chi connectivity index (χ4n) is 3.19. The summed E-state index contributed by atoms with van der Waals surface area (Å²) in [4.78, 5) is 28.1. The third kappa shape index (κ3) is 2.91. The number of carbonyl (C=O) groups is 2. The first-order chi connectivity index (χ1) is 9.09. The highest BCUT2D eigenvalue weighted by atomic mass is 16.5. The van der Waals surface area contributed by atoms with Crippen molar-refractivity contribution in [2.75, 3.05) is 39.9 Å². The molecule has 2 fully saturated rings. The van der Waals surface area contributed by atoms with E-state index in [0.29, 0.717) is 32.7 Å². The number of amides is 2. The van der Waals surface area contributed by atoms with E-state index in [1.165, 1.54) is 0 Å². The minimum atomic E-state index is -0.297. The standard InChI is InChI=1S/C14H24N2O3/c1-3-19-10-5-12(17)16-9-7-14(11-16)6-4-8-15(2)13(14)18/h3-11H2,1-2H3/t14-/m1/s1. The molecule has 5 heteroatoms. The predicted molar refractivity (Wildman–Crippen MR) is 71.6 cm³/mol. The summed E-state index contributed by atoms with van der Waals surface area (Å²) in [6, 6.07) is 0. The zero-order valence-corrected chi connectivity index (χ0v) is 12.0. The maximum absolute atomic E-state index is 12.3. The second kappa shape index (κ2) is 5.90. The summed E-state index contributed by atoms with van der Waals surface area (Å²) < 4.78 is 5.22. The molecule has 0 aromatic rings. The van der Waals surface area contributed by atoms with Crippen LogP contribution < -0.4 is 0 Å². The minimum absolute atomic E-state index is 0.117. The van der Waals surface area contributed by atoms with Crippen molar-refractivity contribution in [3.05, 3.63) is 0 Å². The first-order valence-corrected chi connectivity index (χ1v) is 7.20. The zero-order chi connectivity index (χ0) is 13.9. The summed E-state index contributed by atoms with van der Waals surface area (Å²) in [7, 11) is 1.86. The van der Waals surface area contributed by atoms with E-state index in [1.54, 1.807) is 0 Å². The number of carbonyl (C=O) groups excluding carboxylic acids is 2. The number of hydrogen-bond donors (Lipinski definition) is 0. The molecule has 2 rings (SSSR count). The van der Waals surface area contributed by atoms with Gasteiger partial charge in [0.1, 0.15) is 0 Å². The number of ether oxygens (including phenoxy) is 1. The van der Waals surface area contributed by atoms with Gasteiger partial charge in [0.25, 0.3) is 0 Å². The van der Waals surface area contributed by atoms with Crippen LogP contribution in [0, 0.1) is 5.41 Å². The van der Waals surface area contributed by atoms with Crippen LogP contribution in [0.5, 0.6) is 0 Å². The van der Waals surface area contributed by atoms with Crippen LogP contribution in [0.25, 0.3) is 0 Å². The summed E-state index contributed by atoms with van der Waals surface area (Å²) in [5.41, 5.74) is -0.297. The lowest BCUT2D eigenvalue weighted by Crippen LogP contribution is -2.48. The Morgan fingerprint density at radius 3 is 2.89 bits per heavy atom. The first kappa shape index (κ1) is 14.3. The third-order valence-electron chi connectivity index (χ3n) is 4.32. The molecule has 19 heavy (non-hydrogen) atoms. The smallest absolute Gasteiger partial charge is 0.230 e. The van der Waals surface area contributed by atoms with E-state index in [4.69, 9.17) is 4.74 Å². The van der Waals surface area contributed by atoms with Gasteiger partial charge in [0.2, 0.25) is 11.8 Å². The van der Waals surface area contributed by atoms with E-state index in [2.05, 4.69) is 0 Å². The van der Waals surface area contributed by atoms with Gasteiger partial charge in [0, 0.05) is 33.3 Å². The van der Waals surface area contributed by atoms with Gasteiger partial charge in [-0.05, 0) is 26.2 Å². The molecule has 0 aliphatic carbocycles. The van der Waals surface area contributed by atoms with Crippen LogP contribution in [-0.2, 0) is 14.3 Å². The molecule has 0 bridgehead atoms. The molecule has 0 saturated carbocycles. The number of rotatable bonds is 4. The van der Waals surface area contributed by atoms with E-state index in [0.717, 1.165) is 25.8 Å². The van der Waals surface area contributed by atoms with Crippen molar-refractivity contribution in [2.24, 2.45) is 5.41 Å². The fourth-order valence-corrected chi connectivity index (χ4v) is 3.19. The Balaban J connectivity index is 1.91. The minimum Gasteiger partial charge on any atom is -0.381 e. The molecule has 0 aromatic heterocycles. The van der Waals surface area contributed by atoms with Gasteiger partial charge in [0.05, 0.1) is 18.4 Å². The molecule has 2 amide bonds. The maximum Gasteiger partial charge on any atom is 0.230 e. The average molecular weight is 268 g/mol. The van der Waals surface area contributed by atoms with Gasteiger partial charge in [-0.15, -0.1) is 0 Å². The van der Waals surface area contributed by atoms with Crippen LogP contribution >= 0.6 is 0 Å². The molecule has 0 N–H and O–H groups in total. The summed E-state index contributed by atoms with van der Waals surface area (Å²) in [6.07, 6.45) is 3.21. The Morgan fingerprint density at radius 1 is 1.37 bits per heavy atom. The largest absolute Gasteiger partial charge is 0.381 e. The number of nitrogens with zero attached hydrogens (tertiary/aromatic N) is 2. The Kier molecular flexibility index (Phi) is 4.45. The molecule has 2 heterocycles. The monoisotopic (exact) mass is 268 g/mol. The zero-order valence-electron chi connectivity index (χ0n) is 12.0. The number of hydrogen-bond acceptors (Lipinski definition) is 3. The lowest BCUT2D eigenvalue weighted by Gasteiger charge is -2.37. The first-order valence-electron chi connectivity index (χ1n) is 7.20. The molecule has 5 nitrogen and oxygen atoms in total. The Morgan fingerprint density at radius 2 is 2.16 bits per heavy atom. The van der Waals surface area contributed by atoms with Crippen molar-refractivity contribution in [3.63, 3.8) is 0 Å². The Labute approximate surface area is 114 Å². The molecule has 2 saturated heterocycles. The third-order valence-corrected chi connectivity index (χ3v) is 4.32. The van der Waals surface area contributed by atoms with Crippen molar-refractivity contribution in [3.8, 4) is 0 Å². The lowest BCUT2D eigenvalue weighted by molar-refractivity contribution is -0.144. The summed E-state index contributed by atoms with van der Waals surface area (Å²) >= 11 is 0. The van der Waals surface area contributed by atoms with Crippen LogP contribution in [0.1, 0.15) is 32.6 Å². The van der Waals surface area contributed by atoms with Gasteiger partial charge in [-0.25, -0.2) is 0 Å². The van der Waals surface area contributed by atoms with Gasteiger partial charge >= 0.3 is 0 Å². The number of piperidine rings is 1. The van der Waals surface area contributed by atoms with Crippen LogP contribution in [-0.4, -0.2) is 61.5 Å². The Hall–Kier alpha value is -1.10. The Bertz CT molecular complexity index is 359. The average Bonchev–Trinajstić information content (AvgIpc) is 2.82. The van der Waals surface area contributed by atoms with Gasteiger partial charge < -0.3 is 14.5 Å². The van der Waals surface area contributed by atoms with E-state index < -0.39 is 0 Å².